The van der Waals surface area contributed by atoms with E-state index in [1.807, 2.05) is 27.7 Å². The molecule has 0 spiro atoms. The summed E-state index contributed by atoms with van der Waals surface area (Å²) < 4.78 is 0. The molecule has 0 saturated heterocycles. The number of carboxylic acids is 2. The summed E-state index contributed by atoms with van der Waals surface area (Å²) in [5.74, 6) is -2.26. The standard InChI is InChI=1S/2C7H14O2.Sn/c2*1-3-5-6(4-2)7(8)9;/h2*6H,3-5H2,1-2H3,(H,8,9);/q;;+2/p-2. The van der Waals surface area contributed by atoms with Crippen LogP contribution < -0.4 is 10.2 Å². The average molecular weight is 377 g/mol. The zero-order chi connectivity index (χ0) is 14.6. The summed E-state index contributed by atoms with van der Waals surface area (Å²) >= 11 is 0. The van der Waals surface area contributed by atoms with E-state index in [0.717, 1.165) is 25.7 Å². The van der Waals surface area contributed by atoms with E-state index in [4.69, 9.17) is 0 Å². The van der Waals surface area contributed by atoms with Crippen molar-refractivity contribution < 1.29 is 19.8 Å². The monoisotopic (exact) mass is 378 g/mol. The Labute approximate surface area is 133 Å². The molecule has 0 rings (SSSR count). The van der Waals surface area contributed by atoms with Crippen molar-refractivity contribution in [2.45, 2.75) is 66.2 Å². The number of carbonyl (C=O) groups excluding carboxylic acids is 2. The zero-order valence-electron chi connectivity index (χ0n) is 12.5. The Bertz CT molecular complexity index is 207. The number of carboxylic acid groups (broad SMARTS) is 2. The van der Waals surface area contributed by atoms with Gasteiger partial charge in [-0.25, -0.2) is 0 Å². The van der Waals surface area contributed by atoms with Crippen molar-refractivity contribution in [2.75, 3.05) is 0 Å². The van der Waals surface area contributed by atoms with E-state index in [-0.39, 0.29) is 35.7 Å². The van der Waals surface area contributed by atoms with Crippen molar-refractivity contribution in [3.8, 4) is 0 Å². The summed E-state index contributed by atoms with van der Waals surface area (Å²) in [5.41, 5.74) is 0. The molecule has 0 fully saturated rings. The van der Waals surface area contributed by atoms with Crippen LogP contribution in [0.4, 0.5) is 0 Å². The van der Waals surface area contributed by atoms with Gasteiger partial charge in [-0.3, -0.25) is 0 Å². The first-order valence-electron chi connectivity index (χ1n) is 6.86. The molecule has 0 N–H and O–H groups in total. The van der Waals surface area contributed by atoms with Crippen LogP contribution in [0.15, 0.2) is 0 Å². The molecule has 2 unspecified atom stereocenters. The Balaban J connectivity index is -0.000000256. The molecule has 0 aromatic rings. The zero-order valence-corrected chi connectivity index (χ0v) is 15.4. The van der Waals surface area contributed by atoms with Gasteiger partial charge in [0.25, 0.3) is 0 Å². The maximum atomic E-state index is 10.2. The molecule has 0 aromatic heterocycles. The summed E-state index contributed by atoms with van der Waals surface area (Å²) in [7, 11) is 0. The summed E-state index contributed by atoms with van der Waals surface area (Å²) in [6, 6.07) is 0. The summed E-state index contributed by atoms with van der Waals surface area (Å²) in [6.07, 6.45) is 4.73. The summed E-state index contributed by atoms with van der Waals surface area (Å²) in [6.45, 7) is 7.70. The molecule has 4 nitrogen and oxygen atoms in total. The number of hydrogen-bond donors (Lipinski definition) is 0. The predicted octanol–water partition coefficient (Wildman–Crippen LogP) is 0.744. The van der Waals surface area contributed by atoms with E-state index in [0.29, 0.717) is 12.8 Å². The molecule has 0 aliphatic carbocycles. The van der Waals surface area contributed by atoms with Crippen LogP contribution in [-0.4, -0.2) is 35.8 Å². The Morgan fingerprint density at radius 1 is 0.789 bits per heavy atom. The van der Waals surface area contributed by atoms with E-state index >= 15 is 0 Å². The van der Waals surface area contributed by atoms with Gasteiger partial charge in [-0.1, -0.05) is 40.5 Å². The second-order valence-electron chi connectivity index (χ2n) is 4.43. The third-order valence-corrected chi connectivity index (χ3v) is 2.93. The molecule has 19 heavy (non-hydrogen) atoms. The van der Waals surface area contributed by atoms with Gasteiger partial charge in [-0.05, 0) is 37.5 Å². The SMILES string of the molecule is CCCC(CC)C(=O)[O-].CCCC(CC)C(=O)[O-].[Sn+2]. The molecule has 0 bridgehead atoms. The molecule has 0 heterocycles. The van der Waals surface area contributed by atoms with Crippen molar-refractivity contribution in [2.24, 2.45) is 11.8 Å². The summed E-state index contributed by atoms with van der Waals surface area (Å²) in [5, 5.41) is 20.4. The van der Waals surface area contributed by atoms with Crippen LogP contribution >= 0.6 is 0 Å². The van der Waals surface area contributed by atoms with E-state index in [1.165, 1.54) is 0 Å². The molecule has 110 valence electrons. The molecule has 0 amide bonds. The molecular weight excluding hydrogens is 351 g/mol. The first-order valence-corrected chi connectivity index (χ1v) is 6.86. The van der Waals surface area contributed by atoms with Crippen LogP contribution in [0.2, 0.25) is 0 Å². The second kappa shape index (κ2) is 15.8. The van der Waals surface area contributed by atoms with Gasteiger partial charge in [0.2, 0.25) is 0 Å². The third-order valence-electron chi connectivity index (χ3n) is 2.93. The van der Waals surface area contributed by atoms with Gasteiger partial charge < -0.3 is 19.8 Å². The van der Waals surface area contributed by atoms with Crippen LogP contribution in [0, 0.1) is 11.8 Å². The first kappa shape index (κ1) is 23.8. The van der Waals surface area contributed by atoms with Gasteiger partial charge in [0, 0.05) is 11.9 Å². The summed E-state index contributed by atoms with van der Waals surface area (Å²) in [4.78, 5) is 20.4. The van der Waals surface area contributed by atoms with Gasteiger partial charge in [0.15, 0.2) is 0 Å². The van der Waals surface area contributed by atoms with E-state index in [1.54, 1.807) is 0 Å². The number of carbonyl (C=O) groups is 2. The third kappa shape index (κ3) is 14.0. The minimum absolute atomic E-state index is 0. The fraction of sp³-hybridized carbons (Fsp3) is 0.857. The maximum Gasteiger partial charge on any atom is 2.00 e. The second-order valence-corrected chi connectivity index (χ2v) is 4.43. The number of rotatable bonds is 8. The smallest absolute Gasteiger partial charge is 0.550 e. The molecule has 0 aromatic carbocycles. The van der Waals surface area contributed by atoms with Crippen molar-refractivity contribution in [1.82, 2.24) is 0 Å². The van der Waals surface area contributed by atoms with Crippen molar-refractivity contribution in [3.05, 3.63) is 0 Å². The first-order chi connectivity index (χ1) is 8.44. The van der Waals surface area contributed by atoms with Crippen molar-refractivity contribution in [1.29, 1.82) is 0 Å². The Hall–Kier alpha value is -0.261. The van der Waals surface area contributed by atoms with Crippen LogP contribution in [-0.2, 0) is 9.59 Å². The minimum atomic E-state index is -0.903. The minimum Gasteiger partial charge on any atom is -0.550 e. The number of aliphatic carboxylic acids is 2. The van der Waals surface area contributed by atoms with Crippen LogP contribution in [0.1, 0.15) is 66.2 Å². The molecule has 0 aliphatic heterocycles. The van der Waals surface area contributed by atoms with Gasteiger partial charge in [-0.15, -0.1) is 0 Å². The fourth-order valence-corrected chi connectivity index (χ4v) is 1.67. The van der Waals surface area contributed by atoms with Gasteiger partial charge in [0.1, 0.15) is 0 Å². The quantitative estimate of drug-likeness (QED) is 0.585. The van der Waals surface area contributed by atoms with Crippen molar-refractivity contribution in [3.63, 3.8) is 0 Å². The van der Waals surface area contributed by atoms with Gasteiger partial charge in [0.05, 0.1) is 0 Å². The maximum absolute atomic E-state index is 10.2. The van der Waals surface area contributed by atoms with E-state index in [2.05, 4.69) is 0 Å². The van der Waals surface area contributed by atoms with Gasteiger partial charge >= 0.3 is 23.9 Å². The van der Waals surface area contributed by atoms with Crippen LogP contribution in [0.3, 0.4) is 0 Å². The normalized spacial score (nSPS) is 12.4. The van der Waals surface area contributed by atoms with E-state index in [9.17, 15) is 19.8 Å². The molecule has 2 radical (unpaired) electrons. The van der Waals surface area contributed by atoms with Crippen LogP contribution in [0.25, 0.3) is 0 Å². The topological polar surface area (TPSA) is 80.3 Å². The predicted molar refractivity (Wildman–Crippen MR) is 73.1 cm³/mol. The molecule has 2 atom stereocenters. The largest absolute Gasteiger partial charge is 2.00 e. The molecule has 0 saturated carbocycles. The Morgan fingerprint density at radius 3 is 1.11 bits per heavy atom. The molecule has 0 aliphatic rings. The molecular formula is C14H26O4Sn. The Kier molecular flexibility index (Phi) is 19.8. The average Bonchev–Trinajstić information content (AvgIpc) is 2.32. The molecule has 5 heteroatoms. The van der Waals surface area contributed by atoms with E-state index < -0.39 is 11.9 Å². The number of hydrogen-bond acceptors (Lipinski definition) is 4. The van der Waals surface area contributed by atoms with Crippen LogP contribution in [0.5, 0.6) is 0 Å². The van der Waals surface area contributed by atoms with Gasteiger partial charge in [-0.2, -0.15) is 0 Å². The Morgan fingerprint density at radius 2 is 1.05 bits per heavy atom. The van der Waals surface area contributed by atoms with Crippen molar-refractivity contribution >= 4 is 35.8 Å². The fourth-order valence-electron chi connectivity index (χ4n) is 1.67.